The molecule has 1 rings (SSSR count). The number of aliphatic hydroxyl groups excluding tert-OH is 1. The number of hydrogen-bond donors (Lipinski definition) is 2. The highest BCUT2D eigenvalue weighted by atomic mass is 16.3. The van der Waals surface area contributed by atoms with Crippen LogP contribution < -0.4 is 0 Å². The minimum Gasteiger partial charge on any atom is -0.390 e. The molecule has 1 atom stereocenters. The van der Waals surface area contributed by atoms with Gasteiger partial charge in [0.2, 0.25) is 0 Å². The lowest BCUT2D eigenvalue weighted by Crippen LogP contribution is -2.42. The fourth-order valence-corrected chi connectivity index (χ4v) is 1.89. The van der Waals surface area contributed by atoms with E-state index in [1.165, 1.54) is 5.56 Å². The Morgan fingerprint density at radius 2 is 1.88 bits per heavy atom. The van der Waals surface area contributed by atoms with Crippen LogP contribution in [0.1, 0.15) is 44.9 Å². The van der Waals surface area contributed by atoms with Crippen molar-refractivity contribution in [2.75, 3.05) is 0 Å². The first-order valence-electron chi connectivity index (χ1n) is 6.40. The van der Waals surface area contributed by atoms with Gasteiger partial charge in [-0.15, -0.1) is 0 Å². The molecule has 1 aromatic heterocycles. The van der Waals surface area contributed by atoms with Crippen LogP contribution in [0, 0.1) is 0 Å². The molecule has 0 amide bonds. The molecule has 17 heavy (non-hydrogen) atoms. The first-order chi connectivity index (χ1) is 8.05. The highest BCUT2D eigenvalue weighted by molar-refractivity contribution is 5.15. The summed E-state index contributed by atoms with van der Waals surface area (Å²) < 4.78 is 0. The van der Waals surface area contributed by atoms with Crippen molar-refractivity contribution >= 4 is 0 Å². The molecule has 0 aromatic carbocycles. The Morgan fingerprint density at radius 3 is 2.29 bits per heavy atom. The van der Waals surface area contributed by atoms with Gasteiger partial charge in [-0.3, -0.25) is 4.98 Å². The highest BCUT2D eigenvalue weighted by Crippen LogP contribution is 2.22. The highest BCUT2D eigenvalue weighted by Gasteiger charge is 2.31. The smallest absolute Gasteiger partial charge is 0.0904 e. The number of rotatable bonds is 6. The summed E-state index contributed by atoms with van der Waals surface area (Å²) in [4.78, 5) is 4.30. The maximum atomic E-state index is 10.2. The third-order valence-corrected chi connectivity index (χ3v) is 3.54. The lowest BCUT2D eigenvalue weighted by Gasteiger charge is -2.30. The Balaban J connectivity index is 2.69. The van der Waals surface area contributed by atoms with Gasteiger partial charge in [-0.2, -0.15) is 0 Å². The summed E-state index contributed by atoms with van der Waals surface area (Å²) in [6, 6.07) is 3.94. The average molecular weight is 237 g/mol. The summed E-state index contributed by atoms with van der Waals surface area (Å²) in [6.45, 7) is 5.86. The summed E-state index contributed by atoms with van der Waals surface area (Å²) in [5.41, 5.74) is 1.02. The van der Waals surface area contributed by atoms with E-state index in [0.717, 1.165) is 12.1 Å². The monoisotopic (exact) mass is 237 g/mol. The Hall–Kier alpha value is -0.930. The Morgan fingerprint density at radius 1 is 1.24 bits per heavy atom. The van der Waals surface area contributed by atoms with Crippen molar-refractivity contribution in [1.82, 2.24) is 4.98 Å². The van der Waals surface area contributed by atoms with Crippen LogP contribution in [0.2, 0.25) is 0 Å². The van der Waals surface area contributed by atoms with Crippen LogP contribution in [0.4, 0.5) is 0 Å². The molecule has 96 valence electrons. The standard InChI is InChI=1S/C14H23NO2/c1-4-11-7-8-12(15-10-11)9-13(16)14(17,5-2)6-3/h7-8,10,13,16-17H,4-6,9H2,1-3H3. The molecule has 1 unspecified atom stereocenters. The number of nitrogens with zero attached hydrogens (tertiary/aromatic N) is 1. The first kappa shape index (κ1) is 14.1. The number of aromatic nitrogens is 1. The van der Waals surface area contributed by atoms with Crippen LogP contribution in [-0.4, -0.2) is 26.9 Å². The summed E-state index contributed by atoms with van der Waals surface area (Å²) in [7, 11) is 0. The molecular weight excluding hydrogens is 214 g/mol. The summed E-state index contributed by atoms with van der Waals surface area (Å²) in [5.74, 6) is 0. The van der Waals surface area contributed by atoms with Gasteiger partial charge in [0.25, 0.3) is 0 Å². The van der Waals surface area contributed by atoms with Gasteiger partial charge >= 0.3 is 0 Å². The average Bonchev–Trinajstić information content (AvgIpc) is 2.38. The minimum absolute atomic E-state index is 0.405. The largest absolute Gasteiger partial charge is 0.390 e. The quantitative estimate of drug-likeness (QED) is 0.796. The fraction of sp³-hybridized carbons (Fsp3) is 0.643. The normalized spacial score (nSPS) is 13.7. The van der Waals surface area contributed by atoms with E-state index in [2.05, 4.69) is 11.9 Å². The topological polar surface area (TPSA) is 53.4 Å². The van der Waals surface area contributed by atoms with Crippen molar-refractivity contribution in [1.29, 1.82) is 0 Å². The van der Waals surface area contributed by atoms with Gasteiger partial charge in [0.1, 0.15) is 0 Å². The Bertz CT molecular complexity index is 331. The first-order valence-corrected chi connectivity index (χ1v) is 6.40. The van der Waals surface area contributed by atoms with Gasteiger partial charge in [-0.25, -0.2) is 0 Å². The van der Waals surface area contributed by atoms with Gasteiger partial charge in [-0.1, -0.05) is 26.8 Å². The second-order valence-corrected chi connectivity index (χ2v) is 4.54. The molecule has 0 aliphatic heterocycles. The lowest BCUT2D eigenvalue weighted by molar-refractivity contribution is -0.0793. The molecular formula is C14H23NO2. The molecule has 0 fully saturated rings. The third-order valence-electron chi connectivity index (χ3n) is 3.54. The van der Waals surface area contributed by atoms with Crippen LogP contribution in [0.15, 0.2) is 18.3 Å². The second kappa shape index (κ2) is 6.12. The summed E-state index contributed by atoms with van der Waals surface area (Å²) >= 11 is 0. The van der Waals surface area contributed by atoms with Crippen LogP contribution in [0.5, 0.6) is 0 Å². The number of aryl methyl sites for hydroxylation is 1. The molecule has 0 aliphatic rings. The molecule has 1 aromatic rings. The predicted molar refractivity (Wildman–Crippen MR) is 68.9 cm³/mol. The molecule has 3 heteroatoms. The maximum Gasteiger partial charge on any atom is 0.0904 e. The molecule has 3 nitrogen and oxygen atoms in total. The number of aliphatic hydroxyl groups is 2. The zero-order chi connectivity index (χ0) is 12.9. The summed E-state index contributed by atoms with van der Waals surface area (Å²) in [6.07, 6.45) is 3.55. The Labute approximate surface area is 104 Å². The number of hydrogen-bond acceptors (Lipinski definition) is 3. The molecule has 0 aliphatic carbocycles. The van der Waals surface area contributed by atoms with E-state index in [1.807, 2.05) is 32.2 Å². The van der Waals surface area contributed by atoms with E-state index in [4.69, 9.17) is 0 Å². The van der Waals surface area contributed by atoms with Gasteiger partial charge in [0.15, 0.2) is 0 Å². The second-order valence-electron chi connectivity index (χ2n) is 4.54. The van der Waals surface area contributed by atoms with Gasteiger partial charge in [-0.05, 0) is 30.9 Å². The van der Waals surface area contributed by atoms with Crippen LogP contribution >= 0.6 is 0 Å². The molecule has 0 saturated heterocycles. The van der Waals surface area contributed by atoms with Gasteiger partial charge in [0, 0.05) is 18.3 Å². The number of pyridine rings is 1. The molecule has 0 radical (unpaired) electrons. The van der Waals surface area contributed by atoms with Crippen LogP contribution in [0.3, 0.4) is 0 Å². The third kappa shape index (κ3) is 3.51. The molecule has 0 spiro atoms. The van der Waals surface area contributed by atoms with Crippen LogP contribution in [0.25, 0.3) is 0 Å². The van der Waals surface area contributed by atoms with Gasteiger partial charge < -0.3 is 10.2 Å². The van der Waals surface area contributed by atoms with Crippen molar-refractivity contribution in [3.05, 3.63) is 29.6 Å². The van der Waals surface area contributed by atoms with Gasteiger partial charge in [0.05, 0.1) is 11.7 Å². The lowest BCUT2D eigenvalue weighted by atomic mass is 9.88. The van der Waals surface area contributed by atoms with Crippen molar-refractivity contribution < 1.29 is 10.2 Å². The molecule has 2 N–H and O–H groups in total. The van der Waals surface area contributed by atoms with E-state index in [-0.39, 0.29) is 0 Å². The van der Waals surface area contributed by atoms with Crippen molar-refractivity contribution in [3.8, 4) is 0 Å². The SMILES string of the molecule is CCc1ccc(CC(O)C(O)(CC)CC)nc1. The molecule has 1 heterocycles. The molecule has 0 saturated carbocycles. The zero-order valence-electron chi connectivity index (χ0n) is 11.0. The minimum atomic E-state index is -0.995. The zero-order valence-corrected chi connectivity index (χ0v) is 11.0. The van der Waals surface area contributed by atoms with E-state index in [9.17, 15) is 10.2 Å². The van der Waals surface area contributed by atoms with E-state index in [1.54, 1.807) is 0 Å². The molecule has 0 bridgehead atoms. The summed E-state index contributed by atoms with van der Waals surface area (Å²) in [5, 5.41) is 20.2. The van der Waals surface area contributed by atoms with Crippen molar-refractivity contribution in [2.24, 2.45) is 0 Å². The Kier molecular flexibility index (Phi) is 5.09. The van der Waals surface area contributed by atoms with E-state index in [0.29, 0.717) is 19.3 Å². The fourth-order valence-electron chi connectivity index (χ4n) is 1.89. The maximum absolute atomic E-state index is 10.2. The van der Waals surface area contributed by atoms with Crippen molar-refractivity contribution in [2.45, 2.75) is 58.2 Å². The van der Waals surface area contributed by atoms with Crippen molar-refractivity contribution in [3.63, 3.8) is 0 Å². The van der Waals surface area contributed by atoms with Crippen LogP contribution in [-0.2, 0) is 12.8 Å². The van der Waals surface area contributed by atoms with E-state index < -0.39 is 11.7 Å². The predicted octanol–water partition coefficient (Wildman–Crippen LogP) is 2.10. The van der Waals surface area contributed by atoms with E-state index >= 15 is 0 Å².